The molecule has 0 saturated carbocycles. The SMILES string of the molecule is CCOC(=O)c1c(NC(=O)c2ccc(C(=O)c3ccccc3)cc2)sc2c1CCN(C(C)=O)C2. The minimum Gasteiger partial charge on any atom is -0.462 e. The van der Waals surface area contributed by atoms with Crippen molar-refractivity contribution in [2.75, 3.05) is 18.5 Å². The Bertz CT molecular complexity index is 1250. The number of hydrogen-bond acceptors (Lipinski definition) is 6. The molecule has 34 heavy (non-hydrogen) atoms. The van der Waals surface area contributed by atoms with Crippen molar-refractivity contribution in [3.8, 4) is 0 Å². The van der Waals surface area contributed by atoms with Gasteiger partial charge in [0.25, 0.3) is 5.91 Å². The Morgan fingerprint density at radius 3 is 2.26 bits per heavy atom. The molecule has 0 radical (unpaired) electrons. The maximum atomic E-state index is 13.0. The van der Waals surface area contributed by atoms with Crippen LogP contribution in [0, 0.1) is 0 Å². The third-order valence-electron chi connectivity index (χ3n) is 5.65. The molecule has 2 aromatic carbocycles. The van der Waals surface area contributed by atoms with Crippen LogP contribution in [0.25, 0.3) is 0 Å². The van der Waals surface area contributed by atoms with Gasteiger partial charge in [0.05, 0.1) is 18.7 Å². The highest BCUT2D eigenvalue weighted by Gasteiger charge is 2.30. The van der Waals surface area contributed by atoms with E-state index in [1.54, 1.807) is 60.4 Å². The normalized spacial score (nSPS) is 12.6. The van der Waals surface area contributed by atoms with E-state index in [-0.39, 0.29) is 18.3 Å². The molecule has 7 nitrogen and oxygen atoms in total. The van der Waals surface area contributed by atoms with Gasteiger partial charge in [-0.25, -0.2) is 4.79 Å². The lowest BCUT2D eigenvalue weighted by atomic mass is 10.0. The predicted molar refractivity (Wildman–Crippen MR) is 129 cm³/mol. The number of benzene rings is 2. The van der Waals surface area contributed by atoms with Crippen LogP contribution in [0.4, 0.5) is 5.00 Å². The van der Waals surface area contributed by atoms with Crippen molar-refractivity contribution in [2.24, 2.45) is 0 Å². The highest BCUT2D eigenvalue weighted by atomic mass is 32.1. The number of hydrogen-bond donors (Lipinski definition) is 1. The van der Waals surface area contributed by atoms with Crippen LogP contribution in [0.1, 0.15) is 60.9 Å². The molecule has 0 saturated heterocycles. The van der Waals surface area contributed by atoms with Gasteiger partial charge in [0.15, 0.2) is 5.78 Å². The number of carbonyl (C=O) groups is 4. The van der Waals surface area contributed by atoms with Crippen LogP contribution < -0.4 is 5.32 Å². The van der Waals surface area contributed by atoms with Gasteiger partial charge in [-0.2, -0.15) is 0 Å². The number of ketones is 1. The number of thiophene rings is 1. The van der Waals surface area contributed by atoms with Crippen molar-refractivity contribution in [1.82, 2.24) is 4.90 Å². The van der Waals surface area contributed by atoms with Crippen molar-refractivity contribution in [3.05, 3.63) is 87.3 Å². The van der Waals surface area contributed by atoms with Gasteiger partial charge in [-0.3, -0.25) is 14.4 Å². The second-order valence-corrected chi connectivity index (χ2v) is 8.95. The van der Waals surface area contributed by atoms with Gasteiger partial charge < -0.3 is 15.0 Å². The second-order valence-electron chi connectivity index (χ2n) is 7.85. The van der Waals surface area contributed by atoms with Crippen molar-refractivity contribution in [1.29, 1.82) is 0 Å². The molecule has 1 aliphatic heterocycles. The zero-order valence-corrected chi connectivity index (χ0v) is 19.7. The Morgan fingerprint density at radius 1 is 0.971 bits per heavy atom. The molecule has 2 amide bonds. The van der Waals surface area contributed by atoms with E-state index in [4.69, 9.17) is 4.74 Å². The molecule has 1 N–H and O–H groups in total. The Labute approximate surface area is 201 Å². The molecule has 3 aromatic rings. The number of carbonyl (C=O) groups excluding carboxylic acids is 4. The Kier molecular flexibility index (Phi) is 6.88. The van der Waals surface area contributed by atoms with Crippen molar-refractivity contribution in [3.63, 3.8) is 0 Å². The fraction of sp³-hybridized carbons (Fsp3) is 0.231. The van der Waals surface area contributed by atoms with E-state index in [0.717, 1.165) is 10.4 Å². The van der Waals surface area contributed by atoms with Gasteiger partial charge in [-0.05, 0) is 31.0 Å². The van der Waals surface area contributed by atoms with Crippen LogP contribution in [-0.2, 0) is 22.5 Å². The summed E-state index contributed by atoms with van der Waals surface area (Å²) in [5.41, 5.74) is 2.58. The summed E-state index contributed by atoms with van der Waals surface area (Å²) in [5, 5.41) is 3.24. The predicted octanol–water partition coefficient (Wildman–Crippen LogP) is 4.31. The molecule has 0 spiro atoms. The molecule has 174 valence electrons. The van der Waals surface area contributed by atoms with Crippen LogP contribution in [0.5, 0.6) is 0 Å². The van der Waals surface area contributed by atoms with Gasteiger partial charge in [-0.15, -0.1) is 11.3 Å². The average molecular weight is 477 g/mol. The highest BCUT2D eigenvalue weighted by Crippen LogP contribution is 2.38. The van der Waals surface area contributed by atoms with Crippen molar-refractivity contribution in [2.45, 2.75) is 26.8 Å². The zero-order chi connectivity index (χ0) is 24.2. The number of amides is 2. The van der Waals surface area contributed by atoms with E-state index >= 15 is 0 Å². The molecule has 0 aliphatic carbocycles. The van der Waals surface area contributed by atoms with Gasteiger partial charge in [0.1, 0.15) is 5.00 Å². The van der Waals surface area contributed by atoms with Crippen LogP contribution in [-0.4, -0.2) is 41.6 Å². The standard InChI is InChI=1S/C26H24N2O5S/c1-3-33-26(32)22-20-13-14-28(16(2)29)15-21(20)34-25(22)27-24(31)19-11-9-18(10-12-19)23(30)17-7-5-4-6-8-17/h4-12H,3,13-15H2,1-2H3,(H,27,31). The molecular weight excluding hydrogens is 452 g/mol. The van der Waals surface area contributed by atoms with E-state index in [1.807, 2.05) is 6.07 Å². The van der Waals surface area contributed by atoms with Crippen molar-refractivity contribution < 1.29 is 23.9 Å². The van der Waals surface area contributed by atoms with Gasteiger partial charge in [-0.1, -0.05) is 42.5 Å². The van der Waals surface area contributed by atoms with Gasteiger partial charge in [0.2, 0.25) is 5.91 Å². The largest absolute Gasteiger partial charge is 0.462 e. The molecule has 8 heteroatoms. The first-order valence-electron chi connectivity index (χ1n) is 11.0. The number of rotatable bonds is 6. The summed E-state index contributed by atoms with van der Waals surface area (Å²) >= 11 is 1.28. The fourth-order valence-electron chi connectivity index (χ4n) is 3.88. The first kappa shape index (κ1) is 23.4. The van der Waals surface area contributed by atoms with Crippen molar-refractivity contribution >= 4 is 39.9 Å². The van der Waals surface area contributed by atoms with E-state index in [1.165, 1.54) is 18.3 Å². The summed E-state index contributed by atoms with van der Waals surface area (Å²) in [6.45, 7) is 4.36. The third-order valence-corrected chi connectivity index (χ3v) is 6.79. The lowest BCUT2D eigenvalue weighted by Gasteiger charge is -2.25. The molecule has 4 rings (SSSR count). The fourth-order valence-corrected chi connectivity index (χ4v) is 5.13. The lowest BCUT2D eigenvalue weighted by molar-refractivity contribution is -0.129. The summed E-state index contributed by atoms with van der Waals surface area (Å²) in [4.78, 5) is 52.7. The third kappa shape index (κ3) is 4.77. The molecular formula is C26H24N2O5S. The van der Waals surface area contributed by atoms with E-state index < -0.39 is 11.9 Å². The van der Waals surface area contributed by atoms with Gasteiger partial charge in [0, 0.05) is 35.0 Å². The molecule has 1 aromatic heterocycles. The molecule has 0 fully saturated rings. The van der Waals surface area contributed by atoms with Crippen LogP contribution in [0.3, 0.4) is 0 Å². The van der Waals surface area contributed by atoms with Gasteiger partial charge >= 0.3 is 5.97 Å². The number of anilines is 1. The summed E-state index contributed by atoms with van der Waals surface area (Å²) in [6, 6.07) is 15.3. The van der Waals surface area contributed by atoms with Crippen LogP contribution >= 0.6 is 11.3 Å². The smallest absolute Gasteiger partial charge is 0.341 e. The number of nitrogens with one attached hydrogen (secondary N) is 1. The number of esters is 1. The number of nitrogens with zero attached hydrogens (tertiary/aromatic N) is 1. The minimum absolute atomic E-state index is 0.0348. The zero-order valence-electron chi connectivity index (χ0n) is 18.9. The summed E-state index contributed by atoms with van der Waals surface area (Å²) in [5.74, 6) is -1.05. The summed E-state index contributed by atoms with van der Waals surface area (Å²) in [7, 11) is 0. The second kappa shape index (κ2) is 10.0. The van der Waals surface area contributed by atoms with E-state index in [2.05, 4.69) is 5.32 Å². The maximum absolute atomic E-state index is 13.0. The number of ether oxygens (including phenoxy) is 1. The first-order valence-corrected chi connectivity index (χ1v) is 11.8. The molecule has 0 bridgehead atoms. The average Bonchev–Trinajstić information content (AvgIpc) is 3.21. The Hall–Kier alpha value is -3.78. The topological polar surface area (TPSA) is 92.8 Å². The van der Waals surface area contributed by atoms with Crippen LogP contribution in [0.2, 0.25) is 0 Å². The molecule has 1 aliphatic rings. The van der Waals surface area contributed by atoms with E-state index in [0.29, 0.717) is 46.8 Å². The minimum atomic E-state index is -0.490. The highest BCUT2D eigenvalue weighted by molar-refractivity contribution is 7.17. The molecule has 0 atom stereocenters. The lowest BCUT2D eigenvalue weighted by Crippen LogP contribution is -2.34. The van der Waals surface area contributed by atoms with Crippen LogP contribution in [0.15, 0.2) is 54.6 Å². The maximum Gasteiger partial charge on any atom is 0.341 e. The Balaban J connectivity index is 1.57. The quantitative estimate of drug-likeness (QED) is 0.423. The Morgan fingerprint density at radius 2 is 1.62 bits per heavy atom. The summed E-state index contributed by atoms with van der Waals surface area (Å²) in [6.07, 6.45) is 0.520. The van der Waals surface area contributed by atoms with E-state index in [9.17, 15) is 19.2 Å². The number of fused-ring (bicyclic) bond motifs is 1. The monoisotopic (exact) mass is 476 g/mol. The molecule has 0 unspecified atom stereocenters. The molecule has 2 heterocycles. The summed E-state index contributed by atoms with van der Waals surface area (Å²) < 4.78 is 5.24. The first-order chi connectivity index (χ1) is 16.4.